The predicted molar refractivity (Wildman–Crippen MR) is 43.5 cm³/mol. The first-order valence-electron chi connectivity index (χ1n) is 3.88. The summed E-state index contributed by atoms with van der Waals surface area (Å²) in [4.78, 5) is 7.25. The van der Waals surface area contributed by atoms with E-state index in [4.69, 9.17) is 5.11 Å². The van der Waals surface area contributed by atoms with Crippen molar-refractivity contribution < 1.29 is 5.11 Å². The van der Waals surface area contributed by atoms with E-state index < -0.39 is 0 Å². The second kappa shape index (κ2) is 3.53. The van der Waals surface area contributed by atoms with E-state index in [1.54, 1.807) is 0 Å². The first-order valence-corrected chi connectivity index (χ1v) is 3.88. The van der Waals surface area contributed by atoms with Crippen LogP contribution in [0.25, 0.3) is 0 Å². The van der Waals surface area contributed by atoms with Gasteiger partial charge in [-0.2, -0.15) is 0 Å². The Morgan fingerprint density at radius 2 is 2.36 bits per heavy atom. The molecule has 0 spiro atoms. The van der Waals surface area contributed by atoms with Crippen LogP contribution in [0.2, 0.25) is 0 Å². The summed E-state index contributed by atoms with van der Waals surface area (Å²) in [6.45, 7) is 4.37. The van der Waals surface area contributed by atoms with E-state index >= 15 is 0 Å². The summed E-state index contributed by atoms with van der Waals surface area (Å²) in [5.41, 5.74) is 1.13. The minimum Gasteiger partial charge on any atom is -0.396 e. The molecule has 1 heterocycles. The predicted octanol–water partition coefficient (Wildman–Crippen LogP) is 1.07. The zero-order valence-electron chi connectivity index (χ0n) is 6.96. The molecule has 11 heavy (non-hydrogen) atoms. The number of nitrogens with zero attached hydrogens (tertiary/aromatic N) is 1. The smallest absolute Gasteiger partial charge is 0.108 e. The molecular weight excluding hydrogens is 140 g/mol. The molecule has 0 saturated heterocycles. The molecule has 1 aromatic heterocycles. The van der Waals surface area contributed by atoms with Gasteiger partial charge in [0.1, 0.15) is 5.82 Å². The summed E-state index contributed by atoms with van der Waals surface area (Å²) in [7, 11) is 0. The van der Waals surface area contributed by atoms with Gasteiger partial charge in [-0.1, -0.05) is 13.8 Å². The maximum Gasteiger partial charge on any atom is 0.108 e. The van der Waals surface area contributed by atoms with Crippen molar-refractivity contribution >= 4 is 0 Å². The van der Waals surface area contributed by atoms with Crippen molar-refractivity contribution in [3.05, 3.63) is 17.7 Å². The van der Waals surface area contributed by atoms with E-state index in [9.17, 15) is 0 Å². The Hall–Kier alpha value is -0.830. The number of aliphatic hydroxyl groups excluding tert-OH is 1. The molecule has 0 aromatic carbocycles. The van der Waals surface area contributed by atoms with E-state index in [1.165, 1.54) is 0 Å². The topological polar surface area (TPSA) is 48.9 Å². The SMILES string of the molecule is CC(C)c1cnc(CCO)[nH]1. The Morgan fingerprint density at radius 1 is 1.64 bits per heavy atom. The second-order valence-electron chi connectivity index (χ2n) is 2.91. The molecule has 0 bridgehead atoms. The van der Waals surface area contributed by atoms with E-state index in [0.717, 1.165) is 11.5 Å². The van der Waals surface area contributed by atoms with Gasteiger partial charge in [0.2, 0.25) is 0 Å². The van der Waals surface area contributed by atoms with E-state index in [0.29, 0.717) is 12.3 Å². The Bertz CT molecular complexity index is 218. The van der Waals surface area contributed by atoms with Crippen LogP contribution < -0.4 is 0 Å². The second-order valence-corrected chi connectivity index (χ2v) is 2.91. The van der Waals surface area contributed by atoms with Gasteiger partial charge in [-0.3, -0.25) is 0 Å². The maximum atomic E-state index is 8.61. The lowest BCUT2D eigenvalue weighted by Gasteiger charge is -1.97. The Kier molecular flexibility index (Phi) is 2.65. The van der Waals surface area contributed by atoms with E-state index in [-0.39, 0.29) is 6.61 Å². The van der Waals surface area contributed by atoms with Gasteiger partial charge < -0.3 is 10.1 Å². The van der Waals surface area contributed by atoms with Gasteiger partial charge in [-0.05, 0) is 5.92 Å². The largest absolute Gasteiger partial charge is 0.396 e. The molecule has 0 aliphatic carbocycles. The lowest BCUT2D eigenvalue weighted by atomic mass is 10.2. The van der Waals surface area contributed by atoms with Crippen LogP contribution in [0.1, 0.15) is 31.3 Å². The van der Waals surface area contributed by atoms with Crippen LogP contribution in [-0.2, 0) is 6.42 Å². The fourth-order valence-electron chi connectivity index (χ4n) is 0.905. The van der Waals surface area contributed by atoms with Crippen LogP contribution in [0.3, 0.4) is 0 Å². The van der Waals surface area contributed by atoms with Crippen LogP contribution in [0, 0.1) is 0 Å². The molecule has 0 atom stereocenters. The maximum absolute atomic E-state index is 8.61. The molecule has 0 fully saturated rings. The number of hydrogen-bond acceptors (Lipinski definition) is 2. The highest BCUT2D eigenvalue weighted by atomic mass is 16.3. The van der Waals surface area contributed by atoms with Crippen molar-refractivity contribution in [3.8, 4) is 0 Å². The molecular formula is C8H14N2O. The third kappa shape index (κ3) is 2.05. The van der Waals surface area contributed by atoms with E-state index in [2.05, 4.69) is 23.8 Å². The number of aromatic amines is 1. The van der Waals surface area contributed by atoms with Crippen molar-refractivity contribution in [2.45, 2.75) is 26.2 Å². The fraction of sp³-hybridized carbons (Fsp3) is 0.625. The van der Waals surface area contributed by atoms with Crippen molar-refractivity contribution in [3.63, 3.8) is 0 Å². The summed E-state index contributed by atoms with van der Waals surface area (Å²) in [5, 5.41) is 8.61. The molecule has 3 heteroatoms. The summed E-state index contributed by atoms with van der Waals surface area (Å²) < 4.78 is 0. The van der Waals surface area contributed by atoms with Crippen LogP contribution in [0.5, 0.6) is 0 Å². The number of aliphatic hydroxyl groups is 1. The molecule has 0 unspecified atom stereocenters. The molecule has 0 aliphatic rings. The highest BCUT2D eigenvalue weighted by molar-refractivity contribution is 5.05. The lowest BCUT2D eigenvalue weighted by molar-refractivity contribution is 0.297. The third-order valence-corrected chi connectivity index (χ3v) is 1.62. The van der Waals surface area contributed by atoms with Gasteiger partial charge in [0.25, 0.3) is 0 Å². The van der Waals surface area contributed by atoms with Gasteiger partial charge in [0.05, 0.1) is 6.61 Å². The Morgan fingerprint density at radius 3 is 2.82 bits per heavy atom. The van der Waals surface area contributed by atoms with Crippen molar-refractivity contribution in [2.75, 3.05) is 6.61 Å². The summed E-state index contributed by atoms with van der Waals surface area (Å²) >= 11 is 0. The van der Waals surface area contributed by atoms with Gasteiger partial charge in [0.15, 0.2) is 0 Å². The van der Waals surface area contributed by atoms with Crippen LogP contribution in [0.4, 0.5) is 0 Å². The number of aromatic nitrogens is 2. The average Bonchev–Trinajstić information content (AvgIpc) is 2.37. The van der Waals surface area contributed by atoms with Crippen LogP contribution in [-0.4, -0.2) is 21.7 Å². The average molecular weight is 154 g/mol. The molecule has 2 N–H and O–H groups in total. The molecule has 1 aromatic rings. The number of hydrogen-bond donors (Lipinski definition) is 2. The van der Waals surface area contributed by atoms with Crippen molar-refractivity contribution in [1.82, 2.24) is 9.97 Å². The van der Waals surface area contributed by atoms with Crippen molar-refractivity contribution in [2.24, 2.45) is 0 Å². The monoisotopic (exact) mass is 154 g/mol. The van der Waals surface area contributed by atoms with Crippen molar-refractivity contribution in [1.29, 1.82) is 0 Å². The molecule has 0 saturated carbocycles. The van der Waals surface area contributed by atoms with Gasteiger partial charge in [0, 0.05) is 18.3 Å². The normalized spacial score (nSPS) is 10.9. The Balaban J connectivity index is 2.66. The van der Waals surface area contributed by atoms with Crippen LogP contribution in [0.15, 0.2) is 6.20 Å². The quantitative estimate of drug-likeness (QED) is 0.684. The van der Waals surface area contributed by atoms with E-state index in [1.807, 2.05) is 6.20 Å². The number of rotatable bonds is 3. The molecule has 3 nitrogen and oxygen atoms in total. The number of imidazole rings is 1. The molecule has 0 radical (unpaired) electrons. The number of H-pyrrole nitrogens is 1. The Labute approximate surface area is 66.5 Å². The van der Waals surface area contributed by atoms with Crippen LogP contribution >= 0.6 is 0 Å². The zero-order valence-corrected chi connectivity index (χ0v) is 6.96. The first-order chi connectivity index (χ1) is 5.24. The molecule has 0 aliphatic heterocycles. The molecule has 1 rings (SSSR count). The van der Waals surface area contributed by atoms with Gasteiger partial charge >= 0.3 is 0 Å². The third-order valence-electron chi connectivity index (χ3n) is 1.62. The highest BCUT2D eigenvalue weighted by Crippen LogP contribution is 2.10. The first kappa shape index (κ1) is 8.27. The molecule has 62 valence electrons. The number of nitrogens with one attached hydrogen (secondary N) is 1. The summed E-state index contributed by atoms with van der Waals surface area (Å²) in [6.07, 6.45) is 2.45. The van der Waals surface area contributed by atoms with Gasteiger partial charge in [-0.25, -0.2) is 4.98 Å². The minimum absolute atomic E-state index is 0.158. The summed E-state index contributed by atoms with van der Waals surface area (Å²) in [5.74, 6) is 1.35. The zero-order chi connectivity index (χ0) is 8.27. The summed E-state index contributed by atoms with van der Waals surface area (Å²) in [6, 6.07) is 0. The minimum atomic E-state index is 0.158. The molecule has 0 amide bonds. The fourth-order valence-corrected chi connectivity index (χ4v) is 0.905. The standard InChI is InChI=1S/C8H14N2O/c1-6(2)7-5-9-8(10-7)3-4-11/h5-6,11H,3-4H2,1-2H3,(H,9,10). The van der Waals surface area contributed by atoms with Gasteiger partial charge in [-0.15, -0.1) is 0 Å². The lowest BCUT2D eigenvalue weighted by Crippen LogP contribution is -1.93. The highest BCUT2D eigenvalue weighted by Gasteiger charge is 2.02.